The molecule has 2 bridgehead atoms. The summed E-state index contributed by atoms with van der Waals surface area (Å²) in [4.78, 5) is 0. The summed E-state index contributed by atoms with van der Waals surface area (Å²) in [6.45, 7) is 0. The van der Waals surface area contributed by atoms with Crippen molar-refractivity contribution in [2.24, 2.45) is 0 Å². The van der Waals surface area contributed by atoms with Gasteiger partial charge in [0.25, 0.3) is 0 Å². The minimum absolute atomic E-state index is 0.161. The third-order valence-corrected chi connectivity index (χ3v) is 2.52. The minimum Gasteiger partial charge on any atom is -0.393 e. The first-order valence-corrected chi connectivity index (χ1v) is 3.88. The third-order valence-electron chi connectivity index (χ3n) is 2.52. The quantitative estimate of drug-likeness (QED) is 0.417. The fourth-order valence-corrected chi connectivity index (χ4v) is 2.04. The number of hydrogen-bond donors (Lipinski definition) is 3. The molecular formula is C7H13NO2. The van der Waals surface area contributed by atoms with Crippen molar-refractivity contribution in [3.8, 4) is 0 Å². The standard InChI is InChI=1S/C7H13NO2/c9-5-1-4-2-7(10)6(3-5)8-4/h4-10H,1-3H2/t4-,5+,6+,7-/m1/s1. The molecule has 10 heavy (non-hydrogen) atoms. The molecule has 58 valence electrons. The van der Waals surface area contributed by atoms with E-state index in [9.17, 15) is 10.2 Å². The maximum Gasteiger partial charge on any atom is 0.0709 e. The third kappa shape index (κ3) is 0.944. The lowest BCUT2D eigenvalue weighted by molar-refractivity contribution is 0.0918. The van der Waals surface area contributed by atoms with Gasteiger partial charge >= 0.3 is 0 Å². The van der Waals surface area contributed by atoms with E-state index >= 15 is 0 Å². The molecule has 3 N–H and O–H groups in total. The van der Waals surface area contributed by atoms with Gasteiger partial charge in [0.05, 0.1) is 12.2 Å². The van der Waals surface area contributed by atoms with Gasteiger partial charge in [0.2, 0.25) is 0 Å². The van der Waals surface area contributed by atoms with Crippen LogP contribution in [0, 0.1) is 0 Å². The Labute approximate surface area is 60.1 Å². The van der Waals surface area contributed by atoms with Gasteiger partial charge in [0, 0.05) is 12.1 Å². The lowest BCUT2D eigenvalue weighted by Gasteiger charge is -2.25. The normalized spacial score (nSPS) is 53.4. The second kappa shape index (κ2) is 2.19. The maximum atomic E-state index is 9.34. The summed E-state index contributed by atoms with van der Waals surface area (Å²) in [5.41, 5.74) is 0. The molecule has 2 heterocycles. The topological polar surface area (TPSA) is 52.5 Å². The zero-order chi connectivity index (χ0) is 7.14. The van der Waals surface area contributed by atoms with Crippen molar-refractivity contribution in [1.82, 2.24) is 5.32 Å². The van der Waals surface area contributed by atoms with Crippen molar-refractivity contribution >= 4 is 0 Å². The van der Waals surface area contributed by atoms with Crippen molar-refractivity contribution in [3.05, 3.63) is 0 Å². The van der Waals surface area contributed by atoms with E-state index < -0.39 is 0 Å². The molecular weight excluding hydrogens is 130 g/mol. The summed E-state index contributed by atoms with van der Waals surface area (Å²) in [6.07, 6.45) is 1.95. The molecule has 0 aromatic carbocycles. The molecule has 2 aliphatic rings. The van der Waals surface area contributed by atoms with E-state index in [0.29, 0.717) is 6.04 Å². The van der Waals surface area contributed by atoms with Crippen molar-refractivity contribution in [2.45, 2.75) is 43.6 Å². The van der Waals surface area contributed by atoms with Crippen molar-refractivity contribution in [3.63, 3.8) is 0 Å². The van der Waals surface area contributed by atoms with Gasteiger partial charge in [-0.2, -0.15) is 0 Å². The zero-order valence-electron chi connectivity index (χ0n) is 5.83. The Morgan fingerprint density at radius 1 is 1.10 bits per heavy atom. The number of nitrogens with one attached hydrogen (secondary N) is 1. The van der Waals surface area contributed by atoms with Gasteiger partial charge in [-0.1, -0.05) is 0 Å². The summed E-state index contributed by atoms with van der Waals surface area (Å²) in [5.74, 6) is 0. The predicted octanol–water partition coefficient (Wildman–Crippen LogP) is -0.768. The molecule has 0 aromatic rings. The van der Waals surface area contributed by atoms with Gasteiger partial charge in [-0.25, -0.2) is 0 Å². The van der Waals surface area contributed by atoms with Crippen LogP contribution in [-0.4, -0.2) is 34.5 Å². The minimum atomic E-state index is -0.220. The number of piperidine rings is 1. The Hall–Kier alpha value is -0.120. The number of rotatable bonds is 0. The number of hydrogen-bond acceptors (Lipinski definition) is 3. The molecule has 3 nitrogen and oxygen atoms in total. The lowest BCUT2D eigenvalue weighted by atomic mass is 10.0. The Kier molecular flexibility index (Phi) is 1.44. The fraction of sp³-hybridized carbons (Fsp3) is 1.00. The summed E-state index contributed by atoms with van der Waals surface area (Å²) >= 11 is 0. The van der Waals surface area contributed by atoms with E-state index in [-0.39, 0.29) is 18.2 Å². The molecule has 2 rings (SSSR count). The van der Waals surface area contributed by atoms with Crippen LogP contribution in [0.5, 0.6) is 0 Å². The largest absolute Gasteiger partial charge is 0.393 e. The molecule has 0 radical (unpaired) electrons. The molecule has 2 aliphatic heterocycles. The van der Waals surface area contributed by atoms with Crippen LogP contribution in [0.4, 0.5) is 0 Å². The molecule has 2 fully saturated rings. The predicted molar refractivity (Wildman–Crippen MR) is 36.6 cm³/mol. The van der Waals surface area contributed by atoms with Gasteiger partial charge in [0.15, 0.2) is 0 Å². The highest BCUT2D eigenvalue weighted by Crippen LogP contribution is 2.26. The van der Waals surface area contributed by atoms with Crippen LogP contribution in [0.25, 0.3) is 0 Å². The summed E-state index contributed by atoms with van der Waals surface area (Å²) in [5, 5.41) is 21.9. The van der Waals surface area contributed by atoms with Crippen LogP contribution < -0.4 is 5.32 Å². The first kappa shape index (κ1) is 6.58. The molecule has 0 saturated carbocycles. The average Bonchev–Trinajstić information content (AvgIpc) is 2.07. The van der Waals surface area contributed by atoms with E-state index in [1.165, 1.54) is 0 Å². The second-order valence-electron chi connectivity index (χ2n) is 3.40. The lowest BCUT2D eigenvalue weighted by Crippen LogP contribution is -2.42. The van der Waals surface area contributed by atoms with Crippen LogP contribution in [-0.2, 0) is 0 Å². The molecule has 0 aliphatic carbocycles. The van der Waals surface area contributed by atoms with E-state index in [2.05, 4.69) is 5.32 Å². The first-order chi connectivity index (χ1) is 4.75. The molecule has 0 amide bonds. The summed E-state index contributed by atoms with van der Waals surface area (Å²) in [6, 6.07) is 0.525. The molecule has 0 spiro atoms. The van der Waals surface area contributed by atoms with Crippen LogP contribution in [0.3, 0.4) is 0 Å². The molecule has 3 heteroatoms. The van der Waals surface area contributed by atoms with Gasteiger partial charge < -0.3 is 15.5 Å². The van der Waals surface area contributed by atoms with Crippen molar-refractivity contribution in [1.29, 1.82) is 0 Å². The average molecular weight is 143 g/mol. The number of fused-ring (bicyclic) bond motifs is 2. The Morgan fingerprint density at radius 2 is 1.90 bits per heavy atom. The van der Waals surface area contributed by atoms with Crippen LogP contribution in [0.1, 0.15) is 19.3 Å². The summed E-state index contributed by atoms with van der Waals surface area (Å²) in [7, 11) is 0. The highest BCUT2D eigenvalue weighted by atomic mass is 16.3. The first-order valence-electron chi connectivity index (χ1n) is 3.88. The molecule has 4 atom stereocenters. The van der Waals surface area contributed by atoms with Crippen molar-refractivity contribution < 1.29 is 10.2 Å². The highest BCUT2D eigenvalue weighted by Gasteiger charge is 2.38. The van der Waals surface area contributed by atoms with Gasteiger partial charge in [-0.05, 0) is 19.3 Å². The maximum absolute atomic E-state index is 9.34. The van der Waals surface area contributed by atoms with Gasteiger partial charge in [-0.3, -0.25) is 0 Å². The Balaban J connectivity index is 2.06. The monoisotopic (exact) mass is 143 g/mol. The molecule has 2 saturated heterocycles. The second-order valence-corrected chi connectivity index (χ2v) is 3.40. The van der Waals surface area contributed by atoms with Crippen LogP contribution in [0.15, 0.2) is 0 Å². The SMILES string of the molecule is O[C@H]1C[C@@H]2C[C@@H](O)[C@H](C1)N2. The Bertz CT molecular complexity index is 135. The van der Waals surface area contributed by atoms with Crippen LogP contribution in [0.2, 0.25) is 0 Å². The van der Waals surface area contributed by atoms with E-state index in [0.717, 1.165) is 19.3 Å². The number of aliphatic hydroxyl groups excluding tert-OH is 2. The van der Waals surface area contributed by atoms with E-state index in [4.69, 9.17) is 0 Å². The van der Waals surface area contributed by atoms with Crippen LogP contribution >= 0.6 is 0 Å². The van der Waals surface area contributed by atoms with Gasteiger partial charge in [0.1, 0.15) is 0 Å². The van der Waals surface area contributed by atoms with Gasteiger partial charge in [-0.15, -0.1) is 0 Å². The zero-order valence-corrected chi connectivity index (χ0v) is 5.83. The Morgan fingerprint density at radius 3 is 2.60 bits per heavy atom. The summed E-state index contributed by atoms with van der Waals surface area (Å²) < 4.78 is 0. The molecule has 0 unspecified atom stereocenters. The molecule has 0 aromatic heterocycles. The highest BCUT2D eigenvalue weighted by molar-refractivity contribution is 4.97. The smallest absolute Gasteiger partial charge is 0.0709 e. The number of aliphatic hydroxyl groups is 2. The van der Waals surface area contributed by atoms with Crippen molar-refractivity contribution in [2.75, 3.05) is 0 Å². The van der Waals surface area contributed by atoms with E-state index in [1.807, 2.05) is 0 Å². The van der Waals surface area contributed by atoms with E-state index in [1.54, 1.807) is 0 Å². The fourth-order valence-electron chi connectivity index (χ4n) is 2.04.